The molecule has 1 aliphatic heterocycles. The third-order valence-electron chi connectivity index (χ3n) is 6.00. The summed E-state index contributed by atoms with van der Waals surface area (Å²) in [4.78, 5) is 54.1. The number of nitrogens with one attached hydrogen (secondary N) is 1. The van der Waals surface area contributed by atoms with Crippen LogP contribution in [-0.4, -0.2) is 62.2 Å². The van der Waals surface area contributed by atoms with Gasteiger partial charge in [-0.25, -0.2) is 9.36 Å². The van der Waals surface area contributed by atoms with Gasteiger partial charge in [0.05, 0.1) is 31.0 Å². The van der Waals surface area contributed by atoms with Gasteiger partial charge in [-0.05, 0) is 26.3 Å². The van der Waals surface area contributed by atoms with Crippen LogP contribution < -0.4 is 11.2 Å². The van der Waals surface area contributed by atoms with Gasteiger partial charge in [0, 0.05) is 45.4 Å². The van der Waals surface area contributed by atoms with Crippen LogP contribution in [0.15, 0.2) is 20.9 Å². The first-order valence-corrected chi connectivity index (χ1v) is 17.2. The molecule has 1 N–H and O–H groups in total. The van der Waals surface area contributed by atoms with Crippen molar-refractivity contribution in [2.75, 3.05) is 18.1 Å². The van der Waals surface area contributed by atoms with Crippen molar-refractivity contribution in [2.45, 2.75) is 99.3 Å². The molecule has 43 heavy (non-hydrogen) atoms. The standard InChI is InChI=1S/C26H42N5O9PS2/c1-15-11-31(24(35)28-21(15)32)20-10-18(29-30-27)19(38-20)12-37-41(36,39-16(2)13-42-22(33)25(4,5)6)40-17(3)14-43-23(34)26(7,8)9/h11,16-20H,10,12-14H2,1-9H3,(H,28,32,35)/t16?,17?,18-,19+,20+,41?/m0/s1. The highest BCUT2D eigenvalue weighted by atomic mass is 32.2. The number of aromatic amines is 1. The van der Waals surface area contributed by atoms with Crippen LogP contribution in [0.25, 0.3) is 10.4 Å². The van der Waals surface area contributed by atoms with Gasteiger partial charge in [0.1, 0.15) is 6.23 Å². The third kappa shape index (κ3) is 11.5. The molecular weight excluding hydrogens is 621 g/mol. The largest absolute Gasteiger partial charge is 0.475 e. The van der Waals surface area contributed by atoms with E-state index in [1.807, 2.05) is 0 Å². The molecule has 17 heteroatoms. The van der Waals surface area contributed by atoms with Gasteiger partial charge >= 0.3 is 13.5 Å². The number of phosphoric ester groups is 1. The summed E-state index contributed by atoms with van der Waals surface area (Å²) in [5.74, 6) is 0.354. The Morgan fingerprint density at radius 2 is 1.63 bits per heavy atom. The molecule has 2 rings (SSSR count). The third-order valence-corrected chi connectivity index (χ3v) is 10.7. The van der Waals surface area contributed by atoms with Crippen LogP contribution in [0.1, 0.15) is 73.6 Å². The number of thioether (sulfide) groups is 2. The molecule has 1 saturated heterocycles. The minimum atomic E-state index is -4.33. The SMILES string of the molecule is Cc1cn([C@H]2C[C@H](N=[N+]=[N-])[C@@H](COP(=O)(OC(C)CSC(=O)C(C)(C)C)OC(C)CSC(=O)C(C)(C)C)O2)c(=O)[nH]c1=O. The summed E-state index contributed by atoms with van der Waals surface area (Å²) in [5, 5.41) is 3.61. The molecular formula is C26H42N5O9PS2. The molecule has 1 aromatic rings. The molecule has 1 aliphatic rings. The van der Waals surface area contributed by atoms with Crippen molar-refractivity contribution >= 4 is 41.6 Å². The van der Waals surface area contributed by atoms with Crippen LogP contribution in [0.4, 0.5) is 0 Å². The summed E-state index contributed by atoms with van der Waals surface area (Å²) in [6, 6.07) is -0.808. The first-order chi connectivity index (χ1) is 19.8. The zero-order chi connectivity index (χ0) is 32.8. The molecule has 242 valence electrons. The lowest BCUT2D eigenvalue weighted by atomic mass is 9.99. The highest BCUT2D eigenvalue weighted by molar-refractivity contribution is 8.14. The van der Waals surface area contributed by atoms with Crippen LogP contribution in [0.2, 0.25) is 0 Å². The van der Waals surface area contributed by atoms with E-state index in [2.05, 4.69) is 15.0 Å². The molecule has 0 bridgehead atoms. The fourth-order valence-corrected chi connectivity index (χ4v) is 7.10. The molecule has 0 spiro atoms. The topological polar surface area (TPSA) is 192 Å². The minimum Gasteiger partial charge on any atom is -0.352 e. The average Bonchev–Trinajstić information content (AvgIpc) is 3.28. The number of H-pyrrole nitrogens is 1. The quantitative estimate of drug-likeness (QED) is 0.124. The Kier molecular flexibility index (Phi) is 13.4. The van der Waals surface area contributed by atoms with Crippen LogP contribution in [0.5, 0.6) is 0 Å². The Bertz CT molecular complexity index is 1320. The van der Waals surface area contributed by atoms with Crippen molar-refractivity contribution in [1.82, 2.24) is 9.55 Å². The summed E-state index contributed by atoms with van der Waals surface area (Å²) in [6.45, 7) is 15.1. The monoisotopic (exact) mass is 663 g/mol. The predicted octanol–water partition coefficient (Wildman–Crippen LogP) is 5.36. The smallest absolute Gasteiger partial charge is 0.352 e. The number of nitrogens with zero attached hydrogens (tertiary/aromatic N) is 4. The Labute approximate surface area is 259 Å². The molecule has 5 atom stereocenters. The number of rotatable bonds is 13. The van der Waals surface area contributed by atoms with Gasteiger partial charge in [-0.15, -0.1) is 0 Å². The Hall–Kier alpha value is -1.90. The van der Waals surface area contributed by atoms with Gasteiger partial charge in [0.2, 0.25) is 0 Å². The molecule has 0 aromatic carbocycles. The van der Waals surface area contributed by atoms with Gasteiger partial charge in [0.25, 0.3) is 5.56 Å². The maximum absolute atomic E-state index is 13.9. The minimum absolute atomic E-state index is 0.0691. The number of carbonyl (C=O) groups excluding carboxylic acids is 2. The second kappa shape index (κ2) is 15.4. The summed E-state index contributed by atoms with van der Waals surface area (Å²) in [6.07, 6.45) is -1.88. The summed E-state index contributed by atoms with van der Waals surface area (Å²) in [5.41, 5.74) is 7.00. The lowest BCUT2D eigenvalue weighted by molar-refractivity contribution is -0.118. The van der Waals surface area contributed by atoms with Crippen LogP contribution >= 0.6 is 31.3 Å². The van der Waals surface area contributed by atoms with Gasteiger partial charge in [0.15, 0.2) is 10.2 Å². The zero-order valence-corrected chi connectivity index (χ0v) is 28.5. The fourth-order valence-electron chi connectivity index (χ4n) is 3.59. The van der Waals surface area contributed by atoms with Gasteiger partial charge in [-0.3, -0.25) is 37.5 Å². The van der Waals surface area contributed by atoms with Crippen LogP contribution in [0, 0.1) is 17.8 Å². The van der Waals surface area contributed by atoms with Crippen molar-refractivity contribution in [3.8, 4) is 0 Å². The molecule has 0 saturated carbocycles. The van der Waals surface area contributed by atoms with E-state index in [1.165, 1.54) is 17.7 Å². The molecule has 1 aromatic heterocycles. The van der Waals surface area contributed by atoms with Gasteiger partial charge < -0.3 is 4.74 Å². The number of hydrogen-bond acceptors (Lipinski definition) is 12. The first-order valence-electron chi connectivity index (χ1n) is 13.7. The van der Waals surface area contributed by atoms with Crippen molar-refractivity contribution in [3.05, 3.63) is 43.0 Å². The number of ether oxygens (including phenoxy) is 1. The van der Waals surface area contributed by atoms with E-state index in [0.717, 1.165) is 23.5 Å². The van der Waals surface area contributed by atoms with E-state index in [9.17, 15) is 23.7 Å². The van der Waals surface area contributed by atoms with E-state index in [4.69, 9.17) is 23.8 Å². The molecule has 1 fully saturated rings. The Morgan fingerprint density at radius 3 is 2.09 bits per heavy atom. The Balaban J connectivity index is 2.22. The highest BCUT2D eigenvalue weighted by Crippen LogP contribution is 2.53. The first kappa shape index (κ1) is 37.3. The van der Waals surface area contributed by atoms with E-state index >= 15 is 0 Å². The van der Waals surface area contributed by atoms with Crippen molar-refractivity contribution in [3.63, 3.8) is 0 Å². The molecule has 14 nitrogen and oxygen atoms in total. The highest BCUT2D eigenvalue weighted by Gasteiger charge is 2.40. The molecule has 2 unspecified atom stereocenters. The van der Waals surface area contributed by atoms with E-state index in [1.54, 1.807) is 55.4 Å². The summed E-state index contributed by atoms with van der Waals surface area (Å²) >= 11 is 2.07. The van der Waals surface area contributed by atoms with Crippen LogP contribution in [-0.2, 0) is 32.5 Å². The van der Waals surface area contributed by atoms with Crippen molar-refractivity contribution in [1.29, 1.82) is 0 Å². The maximum atomic E-state index is 13.9. The molecule has 0 aliphatic carbocycles. The van der Waals surface area contributed by atoms with E-state index in [-0.39, 0.29) is 33.7 Å². The maximum Gasteiger partial charge on any atom is 0.475 e. The summed E-state index contributed by atoms with van der Waals surface area (Å²) < 4.78 is 38.3. The number of aryl methyl sites for hydroxylation is 1. The lowest BCUT2D eigenvalue weighted by Gasteiger charge is -2.26. The fraction of sp³-hybridized carbons (Fsp3) is 0.769. The zero-order valence-electron chi connectivity index (χ0n) is 26.0. The van der Waals surface area contributed by atoms with E-state index in [0.29, 0.717) is 0 Å². The molecule has 2 heterocycles. The number of aromatic nitrogens is 2. The van der Waals surface area contributed by atoms with Crippen molar-refractivity contribution in [2.24, 2.45) is 15.9 Å². The number of phosphoric acid groups is 1. The van der Waals surface area contributed by atoms with Gasteiger partial charge in [-0.1, -0.05) is 70.2 Å². The molecule has 0 amide bonds. The lowest BCUT2D eigenvalue weighted by Crippen LogP contribution is -2.33. The van der Waals surface area contributed by atoms with Crippen LogP contribution in [0.3, 0.4) is 0 Å². The second-order valence-electron chi connectivity index (χ2n) is 12.4. The number of azide groups is 1. The second-order valence-corrected chi connectivity index (χ2v) is 15.9. The normalized spacial score (nSPS) is 21.9. The van der Waals surface area contributed by atoms with Gasteiger partial charge in [-0.2, -0.15) is 0 Å². The predicted molar refractivity (Wildman–Crippen MR) is 166 cm³/mol. The van der Waals surface area contributed by atoms with Crippen molar-refractivity contribution < 1.29 is 32.5 Å². The summed E-state index contributed by atoms with van der Waals surface area (Å²) in [7, 11) is -4.33. The number of carbonyl (C=O) groups is 2. The number of hydrogen-bond donors (Lipinski definition) is 1. The Morgan fingerprint density at radius 1 is 1.12 bits per heavy atom. The van der Waals surface area contributed by atoms with E-state index < -0.39 is 67.1 Å². The molecule has 0 radical (unpaired) electrons. The average molecular weight is 664 g/mol.